The lowest BCUT2D eigenvalue weighted by molar-refractivity contribution is 0.628. The smallest absolute Gasteiger partial charge is 0.181 e. The summed E-state index contributed by atoms with van der Waals surface area (Å²) in [4.78, 5) is 12.3. The number of aromatic nitrogens is 5. The van der Waals surface area contributed by atoms with Crippen molar-refractivity contribution in [3.05, 3.63) is 96.7 Å². The highest BCUT2D eigenvalue weighted by Gasteiger charge is 2.15. The van der Waals surface area contributed by atoms with E-state index >= 15 is 0 Å². The summed E-state index contributed by atoms with van der Waals surface area (Å²) in [5, 5.41) is 9.37. The van der Waals surface area contributed by atoms with Gasteiger partial charge in [-0.15, -0.1) is 0 Å². The molecule has 5 nitrogen and oxygen atoms in total. The van der Waals surface area contributed by atoms with Gasteiger partial charge in [-0.1, -0.05) is 42.5 Å². The molecule has 6 heteroatoms. The Morgan fingerprint density at radius 1 is 1.09 bits per heavy atom. The lowest BCUT2D eigenvalue weighted by Crippen LogP contribution is -1.86. The van der Waals surface area contributed by atoms with E-state index in [1.54, 1.807) is 18.5 Å². The van der Waals surface area contributed by atoms with Crippen molar-refractivity contribution in [2.45, 2.75) is 13.8 Å². The molecule has 4 heterocycles. The van der Waals surface area contributed by atoms with Gasteiger partial charge in [-0.25, -0.2) is 9.37 Å². The van der Waals surface area contributed by atoms with Crippen molar-refractivity contribution in [1.82, 2.24) is 25.1 Å². The van der Waals surface area contributed by atoms with Crippen LogP contribution in [0.5, 0.6) is 0 Å². The second kappa shape index (κ2) is 8.31. The molecule has 0 fully saturated rings. The standard InChI is InChI=1S/C27H22FN5/c1-4-16(3)9-17(5-2)19-11-22-26(32-33-27(22)30-13-19)24-12-21-23(14-29-15-25(21)31-24)18-7-6-8-20(28)10-18/h4-15,31H,1H2,2-3H3,(H,30,32,33)/b16-9-,17-5+. The maximum atomic E-state index is 13.8. The fourth-order valence-corrected chi connectivity index (χ4v) is 3.97. The monoisotopic (exact) mass is 435 g/mol. The predicted octanol–water partition coefficient (Wildman–Crippen LogP) is 6.84. The molecule has 0 spiro atoms. The van der Waals surface area contributed by atoms with Crippen LogP contribution in [0.15, 0.2) is 85.4 Å². The zero-order chi connectivity index (χ0) is 22.9. The minimum atomic E-state index is -0.279. The van der Waals surface area contributed by atoms with Gasteiger partial charge in [0.05, 0.1) is 23.1 Å². The average Bonchev–Trinajstić information content (AvgIpc) is 3.45. The molecule has 0 saturated carbocycles. The predicted molar refractivity (Wildman–Crippen MR) is 132 cm³/mol. The first-order valence-corrected chi connectivity index (χ1v) is 10.6. The van der Waals surface area contributed by atoms with E-state index in [0.717, 1.165) is 55.5 Å². The molecule has 0 unspecified atom stereocenters. The first-order chi connectivity index (χ1) is 16.1. The van der Waals surface area contributed by atoms with Crippen LogP contribution in [0, 0.1) is 5.82 Å². The summed E-state index contributed by atoms with van der Waals surface area (Å²) in [6.45, 7) is 7.85. The Morgan fingerprint density at radius 3 is 2.76 bits per heavy atom. The van der Waals surface area contributed by atoms with Crippen molar-refractivity contribution in [2.24, 2.45) is 0 Å². The van der Waals surface area contributed by atoms with Crippen molar-refractivity contribution in [2.75, 3.05) is 0 Å². The van der Waals surface area contributed by atoms with Gasteiger partial charge in [0.1, 0.15) is 5.82 Å². The van der Waals surface area contributed by atoms with Gasteiger partial charge in [-0.2, -0.15) is 5.10 Å². The summed E-state index contributed by atoms with van der Waals surface area (Å²) in [6, 6.07) is 10.7. The van der Waals surface area contributed by atoms with Crippen LogP contribution in [0.2, 0.25) is 0 Å². The topological polar surface area (TPSA) is 70.2 Å². The Balaban J connectivity index is 1.64. The van der Waals surface area contributed by atoms with E-state index in [0.29, 0.717) is 5.65 Å². The molecule has 4 aromatic heterocycles. The molecule has 0 amide bonds. The minimum absolute atomic E-state index is 0.279. The molecular formula is C27H22FN5. The lowest BCUT2D eigenvalue weighted by atomic mass is 10.0. The van der Waals surface area contributed by atoms with Gasteiger partial charge < -0.3 is 4.98 Å². The van der Waals surface area contributed by atoms with Crippen molar-refractivity contribution in [3.8, 4) is 22.5 Å². The molecule has 1 aromatic carbocycles. The number of pyridine rings is 2. The van der Waals surface area contributed by atoms with Gasteiger partial charge in [0, 0.05) is 34.3 Å². The van der Waals surface area contributed by atoms with Gasteiger partial charge in [0.2, 0.25) is 0 Å². The van der Waals surface area contributed by atoms with Crippen molar-refractivity contribution in [3.63, 3.8) is 0 Å². The Bertz CT molecular complexity index is 1570. The van der Waals surface area contributed by atoms with Crippen LogP contribution in [0.1, 0.15) is 19.4 Å². The van der Waals surface area contributed by atoms with E-state index in [2.05, 4.69) is 49.9 Å². The van der Waals surface area contributed by atoms with Gasteiger partial charge in [0.25, 0.3) is 0 Å². The van der Waals surface area contributed by atoms with Crippen molar-refractivity contribution in [1.29, 1.82) is 0 Å². The van der Waals surface area contributed by atoms with Crippen LogP contribution in [-0.4, -0.2) is 25.1 Å². The highest BCUT2D eigenvalue weighted by molar-refractivity contribution is 6.00. The average molecular weight is 436 g/mol. The second-order valence-corrected chi connectivity index (χ2v) is 7.87. The van der Waals surface area contributed by atoms with Crippen LogP contribution < -0.4 is 0 Å². The zero-order valence-corrected chi connectivity index (χ0v) is 18.4. The van der Waals surface area contributed by atoms with Crippen molar-refractivity contribution >= 4 is 27.5 Å². The zero-order valence-electron chi connectivity index (χ0n) is 18.4. The largest absolute Gasteiger partial charge is 0.352 e. The van der Waals surface area contributed by atoms with Gasteiger partial charge in [-0.3, -0.25) is 10.1 Å². The first-order valence-electron chi connectivity index (χ1n) is 10.6. The fraction of sp³-hybridized carbons (Fsp3) is 0.0741. The van der Waals surface area contributed by atoms with E-state index in [-0.39, 0.29) is 5.82 Å². The van der Waals surface area contributed by atoms with E-state index < -0.39 is 0 Å². The summed E-state index contributed by atoms with van der Waals surface area (Å²) in [5.74, 6) is -0.279. The Kier molecular flexibility index (Phi) is 5.18. The molecule has 0 aliphatic carbocycles. The molecule has 0 atom stereocenters. The Hall–Kier alpha value is -4.32. The molecular weight excluding hydrogens is 413 g/mol. The summed E-state index contributed by atoms with van der Waals surface area (Å²) < 4.78 is 13.8. The van der Waals surface area contributed by atoms with Gasteiger partial charge >= 0.3 is 0 Å². The number of fused-ring (bicyclic) bond motifs is 2. The molecule has 5 aromatic rings. The number of allylic oxidation sites excluding steroid dienone is 5. The van der Waals surface area contributed by atoms with Crippen LogP contribution in [-0.2, 0) is 0 Å². The highest BCUT2D eigenvalue weighted by Crippen LogP contribution is 2.34. The summed E-state index contributed by atoms with van der Waals surface area (Å²) in [5.41, 5.74) is 7.95. The second-order valence-electron chi connectivity index (χ2n) is 7.87. The molecule has 5 rings (SSSR count). The third-order valence-electron chi connectivity index (χ3n) is 5.71. The highest BCUT2D eigenvalue weighted by atomic mass is 19.1. The van der Waals surface area contributed by atoms with Gasteiger partial charge in [0.15, 0.2) is 5.65 Å². The number of benzene rings is 1. The number of aromatic amines is 2. The van der Waals surface area contributed by atoms with E-state index in [4.69, 9.17) is 0 Å². The van der Waals surface area contributed by atoms with Crippen molar-refractivity contribution < 1.29 is 4.39 Å². The molecule has 162 valence electrons. The lowest BCUT2D eigenvalue weighted by Gasteiger charge is -2.04. The Labute approximate surface area is 190 Å². The van der Waals surface area contributed by atoms with E-state index in [9.17, 15) is 4.39 Å². The number of H-pyrrole nitrogens is 2. The number of nitrogens with one attached hydrogen (secondary N) is 2. The van der Waals surface area contributed by atoms with Crippen LogP contribution >= 0.6 is 0 Å². The SMILES string of the molecule is C=C/C(C)=C\C(=C/C)c1cnc2n[nH]c(-c3cc4c(-c5cccc(F)c5)cncc4[nH]3)c2c1. The maximum Gasteiger partial charge on any atom is 0.181 e. The minimum Gasteiger partial charge on any atom is -0.352 e. The van der Waals surface area contributed by atoms with E-state index in [1.165, 1.54) is 12.1 Å². The molecule has 0 aliphatic heterocycles. The third-order valence-corrected chi connectivity index (χ3v) is 5.71. The number of halogens is 1. The number of rotatable bonds is 5. The van der Waals surface area contributed by atoms with Crippen LogP contribution in [0.25, 0.3) is 50.0 Å². The quantitative estimate of drug-likeness (QED) is 0.297. The van der Waals surface area contributed by atoms with Crippen LogP contribution in [0.3, 0.4) is 0 Å². The van der Waals surface area contributed by atoms with E-state index in [1.807, 2.05) is 38.3 Å². The number of nitrogens with zero attached hydrogens (tertiary/aromatic N) is 3. The molecule has 0 radical (unpaired) electrons. The molecule has 0 saturated heterocycles. The summed E-state index contributed by atoms with van der Waals surface area (Å²) >= 11 is 0. The number of hydrogen-bond donors (Lipinski definition) is 2. The summed E-state index contributed by atoms with van der Waals surface area (Å²) in [6.07, 6.45) is 11.3. The normalized spacial score (nSPS) is 12.6. The molecule has 2 N–H and O–H groups in total. The fourth-order valence-electron chi connectivity index (χ4n) is 3.97. The first kappa shape index (κ1) is 20.6. The Morgan fingerprint density at radius 2 is 1.97 bits per heavy atom. The molecule has 33 heavy (non-hydrogen) atoms. The third kappa shape index (κ3) is 3.76. The maximum absolute atomic E-state index is 13.8. The van der Waals surface area contributed by atoms with Crippen LogP contribution in [0.4, 0.5) is 4.39 Å². The summed E-state index contributed by atoms with van der Waals surface area (Å²) in [7, 11) is 0. The number of hydrogen-bond acceptors (Lipinski definition) is 3. The molecule has 0 bridgehead atoms. The van der Waals surface area contributed by atoms with Gasteiger partial charge in [-0.05, 0) is 49.2 Å². The molecule has 0 aliphatic rings.